The molecule has 0 aliphatic heterocycles. The Hall–Kier alpha value is -3.16. The summed E-state index contributed by atoms with van der Waals surface area (Å²) in [6.45, 7) is 1.39. The maximum absolute atomic E-state index is 13.6. The standard InChI is InChI=1S/C19H20F2N2O4/c1-11(14-7-5-13(26-2)9-17(14)27-3)23-18(24)10-22-19(25)15-6-4-12(20)8-16(15)21/h4-9,11H,10H2,1-3H3,(H,22,25)(H,23,24). The number of hydrogen-bond donors (Lipinski definition) is 2. The van der Waals surface area contributed by atoms with Gasteiger partial charge in [0, 0.05) is 17.7 Å². The Morgan fingerprint density at radius 3 is 2.44 bits per heavy atom. The van der Waals surface area contributed by atoms with E-state index in [0.717, 1.165) is 17.7 Å². The molecule has 0 aromatic heterocycles. The summed E-state index contributed by atoms with van der Waals surface area (Å²) >= 11 is 0. The monoisotopic (exact) mass is 378 g/mol. The van der Waals surface area contributed by atoms with Crippen molar-refractivity contribution in [2.75, 3.05) is 20.8 Å². The summed E-state index contributed by atoms with van der Waals surface area (Å²) in [5, 5.41) is 5.01. The van der Waals surface area contributed by atoms with E-state index in [0.29, 0.717) is 17.6 Å². The number of halogens is 2. The predicted molar refractivity (Wildman–Crippen MR) is 94.8 cm³/mol. The molecule has 144 valence electrons. The fourth-order valence-corrected chi connectivity index (χ4v) is 2.48. The van der Waals surface area contributed by atoms with Crippen LogP contribution in [0.4, 0.5) is 8.78 Å². The van der Waals surface area contributed by atoms with Crippen LogP contribution in [0.1, 0.15) is 28.9 Å². The average molecular weight is 378 g/mol. The molecule has 2 rings (SSSR count). The van der Waals surface area contributed by atoms with E-state index in [1.165, 1.54) is 14.2 Å². The van der Waals surface area contributed by atoms with Crippen molar-refractivity contribution in [1.82, 2.24) is 10.6 Å². The number of carbonyl (C=O) groups is 2. The van der Waals surface area contributed by atoms with Gasteiger partial charge in [-0.25, -0.2) is 8.78 Å². The van der Waals surface area contributed by atoms with Crippen LogP contribution < -0.4 is 20.1 Å². The van der Waals surface area contributed by atoms with E-state index in [9.17, 15) is 18.4 Å². The van der Waals surface area contributed by atoms with Crippen LogP contribution in [0.15, 0.2) is 36.4 Å². The molecule has 0 heterocycles. The minimum atomic E-state index is -0.996. The van der Waals surface area contributed by atoms with Crippen molar-refractivity contribution in [2.24, 2.45) is 0 Å². The Morgan fingerprint density at radius 2 is 1.81 bits per heavy atom. The highest BCUT2D eigenvalue weighted by molar-refractivity contribution is 5.96. The van der Waals surface area contributed by atoms with Crippen molar-refractivity contribution >= 4 is 11.8 Å². The van der Waals surface area contributed by atoms with Crippen LogP contribution in [0.5, 0.6) is 11.5 Å². The van der Waals surface area contributed by atoms with E-state index >= 15 is 0 Å². The highest BCUT2D eigenvalue weighted by Gasteiger charge is 2.17. The molecule has 0 fully saturated rings. The second kappa shape index (κ2) is 8.98. The number of ether oxygens (including phenoxy) is 2. The third-order valence-corrected chi connectivity index (χ3v) is 3.87. The first-order valence-corrected chi connectivity index (χ1v) is 8.10. The molecule has 1 unspecified atom stereocenters. The highest BCUT2D eigenvalue weighted by atomic mass is 19.1. The number of nitrogens with one attached hydrogen (secondary N) is 2. The normalized spacial score (nSPS) is 11.4. The summed E-state index contributed by atoms with van der Waals surface area (Å²) in [7, 11) is 3.04. The second-order valence-electron chi connectivity index (χ2n) is 5.70. The van der Waals surface area contributed by atoms with Gasteiger partial charge in [-0.2, -0.15) is 0 Å². The smallest absolute Gasteiger partial charge is 0.254 e. The van der Waals surface area contributed by atoms with Gasteiger partial charge in [0.1, 0.15) is 23.1 Å². The molecule has 0 saturated heterocycles. The number of amides is 2. The van der Waals surface area contributed by atoms with Gasteiger partial charge in [-0.15, -0.1) is 0 Å². The van der Waals surface area contributed by atoms with Gasteiger partial charge in [-0.3, -0.25) is 9.59 Å². The molecule has 0 radical (unpaired) electrons. The van der Waals surface area contributed by atoms with Gasteiger partial charge in [0.15, 0.2) is 0 Å². The number of methoxy groups -OCH3 is 2. The first-order chi connectivity index (χ1) is 12.8. The molecule has 2 aromatic carbocycles. The van der Waals surface area contributed by atoms with E-state index < -0.39 is 29.5 Å². The van der Waals surface area contributed by atoms with Crippen molar-refractivity contribution in [3.8, 4) is 11.5 Å². The van der Waals surface area contributed by atoms with Gasteiger partial charge >= 0.3 is 0 Å². The minimum Gasteiger partial charge on any atom is -0.497 e. The molecule has 2 amide bonds. The molecule has 8 heteroatoms. The molecular weight excluding hydrogens is 358 g/mol. The first-order valence-electron chi connectivity index (χ1n) is 8.10. The fourth-order valence-electron chi connectivity index (χ4n) is 2.48. The van der Waals surface area contributed by atoms with Gasteiger partial charge in [0.05, 0.1) is 32.4 Å². The predicted octanol–water partition coefficient (Wildman–Crippen LogP) is 2.59. The molecule has 2 aromatic rings. The number of hydrogen-bond acceptors (Lipinski definition) is 4. The van der Waals surface area contributed by atoms with E-state index in [1.54, 1.807) is 25.1 Å². The van der Waals surface area contributed by atoms with Gasteiger partial charge in [0.2, 0.25) is 5.91 Å². The zero-order valence-corrected chi connectivity index (χ0v) is 15.1. The van der Waals surface area contributed by atoms with Crippen LogP contribution in [0.3, 0.4) is 0 Å². The molecule has 27 heavy (non-hydrogen) atoms. The minimum absolute atomic E-state index is 0.339. The highest BCUT2D eigenvalue weighted by Crippen LogP contribution is 2.29. The molecule has 0 aliphatic carbocycles. The van der Waals surface area contributed by atoms with Gasteiger partial charge in [-0.05, 0) is 31.2 Å². The molecule has 1 atom stereocenters. The third kappa shape index (κ3) is 5.16. The molecular formula is C19H20F2N2O4. The summed E-state index contributed by atoms with van der Waals surface area (Å²) in [5.41, 5.74) is 0.386. The fraction of sp³-hybridized carbons (Fsp3) is 0.263. The summed E-state index contributed by atoms with van der Waals surface area (Å²) in [4.78, 5) is 24.0. The lowest BCUT2D eigenvalue weighted by molar-refractivity contribution is -0.120. The van der Waals surface area contributed by atoms with Crippen molar-refractivity contribution in [2.45, 2.75) is 13.0 Å². The van der Waals surface area contributed by atoms with Gasteiger partial charge < -0.3 is 20.1 Å². The Labute approximate surface area is 155 Å². The first kappa shape index (κ1) is 20.2. The number of carbonyl (C=O) groups excluding carboxylic acids is 2. The van der Waals surface area contributed by atoms with E-state index in [1.807, 2.05) is 0 Å². The average Bonchev–Trinajstić information content (AvgIpc) is 2.65. The molecule has 0 saturated carbocycles. The summed E-state index contributed by atoms with van der Waals surface area (Å²) < 4.78 is 36.9. The van der Waals surface area contributed by atoms with Crippen LogP contribution >= 0.6 is 0 Å². The van der Waals surface area contributed by atoms with E-state index in [4.69, 9.17) is 9.47 Å². The lowest BCUT2D eigenvalue weighted by Gasteiger charge is -2.18. The molecule has 0 bridgehead atoms. The summed E-state index contributed by atoms with van der Waals surface area (Å²) in [6.07, 6.45) is 0. The SMILES string of the molecule is COc1ccc(C(C)NC(=O)CNC(=O)c2ccc(F)cc2F)c(OC)c1. The Balaban J connectivity index is 1.96. The maximum Gasteiger partial charge on any atom is 0.254 e. The molecule has 0 aliphatic rings. The second-order valence-corrected chi connectivity index (χ2v) is 5.70. The molecule has 0 spiro atoms. The zero-order valence-electron chi connectivity index (χ0n) is 15.1. The quantitative estimate of drug-likeness (QED) is 0.777. The van der Waals surface area contributed by atoms with Crippen molar-refractivity contribution in [3.05, 3.63) is 59.2 Å². The van der Waals surface area contributed by atoms with E-state index in [-0.39, 0.29) is 12.1 Å². The van der Waals surface area contributed by atoms with Crippen LogP contribution in [0, 0.1) is 11.6 Å². The summed E-state index contributed by atoms with van der Waals surface area (Å²) in [6, 6.07) is 7.37. The molecule has 6 nitrogen and oxygen atoms in total. The topological polar surface area (TPSA) is 76.7 Å². The van der Waals surface area contributed by atoms with Crippen molar-refractivity contribution < 1.29 is 27.8 Å². The maximum atomic E-state index is 13.6. The largest absolute Gasteiger partial charge is 0.497 e. The van der Waals surface area contributed by atoms with Crippen LogP contribution in [-0.4, -0.2) is 32.6 Å². The number of benzene rings is 2. The number of rotatable bonds is 7. The van der Waals surface area contributed by atoms with Crippen LogP contribution in [0.2, 0.25) is 0 Å². The van der Waals surface area contributed by atoms with Crippen molar-refractivity contribution in [1.29, 1.82) is 0 Å². The van der Waals surface area contributed by atoms with Gasteiger partial charge in [0.25, 0.3) is 5.91 Å². The Kier molecular flexibility index (Phi) is 6.70. The van der Waals surface area contributed by atoms with Crippen LogP contribution in [-0.2, 0) is 4.79 Å². The van der Waals surface area contributed by atoms with Crippen LogP contribution in [0.25, 0.3) is 0 Å². The van der Waals surface area contributed by atoms with Crippen molar-refractivity contribution in [3.63, 3.8) is 0 Å². The summed E-state index contributed by atoms with van der Waals surface area (Å²) in [5.74, 6) is -1.91. The third-order valence-electron chi connectivity index (χ3n) is 3.87. The lowest BCUT2D eigenvalue weighted by atomic mass is 10.1. The zero-order chi connectivity index (χ0) is 20.0. The van der Waals surface area contributed by atoms with E-state index in [2.05, 4.69) is 10.6 Å². The lowest BCUT2D eigenvalue weighted by Crippen LogP contribution is -2.38. The van der Waals surface area contributed by atoms with Gasteiger partial charge in [-0.1, -0.05) is 0 Å². The molecule has 2 N–H and O–H groups in total. The Morgan fingerprint density at radius 1 is 1.07 bits per heavy atom. The Bertz CT molecular complexity index is 842.